The van der Waals surface area contributed by atoms with Gasteiger partial charge in [0, 0.05) is 33.4 Å². The number of aromatic nitrogens is 5. The molecule has 0 aliphatic rings. The van der Waals surface area contributed by atoms with E-state index in [1.807, 2.05) is 60.4 Å². The van der Waals surface area contributed by atoms with Gasteiger partial charge in [0.2, 0.25) is 5.82 Å². The molecule has 0 aliphatic carbocycles. The monoisotopic (exact) mass is 393 g/mol. The molecular formula is C18H12BrN5O. The summed E-state index contributed by atoms with van der Waals surface area (Å²) in [4.78, 5) is 7.85. The van der Waals surface area contributed by atoms with Gasteiger partial charge in [-0.2, -0.15) is 10.1 Å². The SMILES string of the molecule is Cn1ncc2ccc(-c3noc(-c4cc5cc(Br)ccc5[nH]4)n3)cc21. The van der Waals surface area contributed by atoms with Crippen LogP contribution in [0.5, 0.6) is 0 Å². The van der Waals surface area contributed by atoms with Crippen LogP contribution in [0.25, 0.3) is 44.8 Å². The summed E-state index contributed by atoms with van der Waals surface area (Å²) in [5.41, 5.74) is 3.74. The Morgan fingerprint density at radius 1 is 1.08 bits per heavy atom. The molecule has 0 fully saturated rings. The van der Waals surface area contributed by atoms with Crippen LogP contribution in [0.2, 0.25) is 0 Å². The Labute approximate surface area is 150 Å². The van der Waals surface area contributed by atoms with Gasteiger partial charge in [-0.3, -0.25) is 4.68 Å². The third-order valence-electron chi connectivity index (χ3n) is 4.25. The Balaban J connectivity index is 1.58. The zero-order chi connectivity index (χ0) is 17.0. The smallest absolute Gasteiger partial charge is 0.274 e. The second-order valence-electron chi connectivity index (χ2n) is 5.88. The summed E-state index contributed by atoms with van der Waals surface area (Å²) >= 11 is 3.48. The van der Waals surface area contributed by atoms with E-state index in [2.05, 4.69) is 36.2 Å². The van der Waals surface area contributed by atoms with Crippen LogP contribution in [-0.2, 0) is 7.05 Å². The molecule has 0 aliphatic heterocycles. The molecule has 0 atom stereocenters. The van der Waals surface area contributed by atoms with E-state index in [-0.39, 0.29) is 0 Å². The summed E-state index contributed by atoms with van der Waals surface area (Å²) in [7, 11) is 1.91. The molecule has 0 unspecified atom stereocenters. The van der Waals surface area contributed by atoms with Gasteiger partial charge in [0.15, 0.2) is 0 Å². The lowest BCUT2D eigenvalue weighted by atomic mass is 10.1. The fourth-order valence-corrected chi connectivity index (χ4v) is 3.33. The van der Waals surface area contributed by atoms with E-state index in [0.717, 1.165) is 37.5 Å². The molecule has 1 N–H and O–H groups in total. The minimum Gasteiger partial charge on any atom is -0.351 e. The Kier molecular flexibility index (Phi) is 3.05. The van der Waals surface area contributed by atoms with Crippen molar-refractivity contribution in [1.29, 1.82) is 0 Å². The minimum atomic E-state index is 0.465. The quantitative estimate of drug-likeness (QED) is 0.477. The molecule has 0 saturated carbocycles. The Morgan fingerprint density at radius 3 is 2.92 bits per heavy atom. The van der Waals surface area contributed by atoms with Crippen molar-refractivity contribution in [1.82, 2.24) is 24.9 Å². The van der Waals surface area contributed by atoms with Crippen LogP contribution in [0.1, 0.15) is 0 Å². The third-order valence-corrected chi connectivity index (χ3v) is 4.74. The van der Waals surface area contributed by atoms with E-state index in [9.17, 15) is 0 Å². The minimum absolute atomic E-state index is 0.465. The van der Waals surface area contributed by atoms with Crippen molar-refractivity contribution in [2.24, 2.45) is 7.05 Å². The number of aryl methyl sites for hydroxylation is 1. The van der Waals surface area contributed by atoms with E-state index >= 15 is 0 Å². The topological polar surface area (TPSA) is 72.5 Å². The molecule has 122 valence electrons. The highest BCUT2D eigenvalue weighted by Crippen LogP contribution is 2.28. The molecule has 2 aromatic carbocycles. The number of H-pyrrole nitrogens is 1. The van der Waals surface area contributed by atoms with Gasteiger partial charge in [0.25, 0.3) is 5.89 Å². The van der Waals surface area contributed by atoms with Gasteiger partial charge in [-0.1, -0.05) is 33.2 Å². The first kappa shape index (κ1) is 14.4. The number of nitrogens with one attached hydrogen (secondary N) is 1. The lowest BCUT2D eigenvalue weighted by Crippen LogP contribution is -1.89. The predicted octanol–water partition coefficient (Wildman–Crippen LogP) is 4.53. The number of halogens is 1. The van der Waals surface area contributed by atoms with E-state index < -0.39 is 0 Å². The first-order valence-corrected chi connectivity index (χ1v) is 8.51. The molecule has 0 radical (unpaired) electrons. The van der Waals surface area contributed by atoms with Crippen LogP contribution in [0.15, 0.2) is 57.7 Å². The van der Waals surface area contributed by atoms with Gasteiger partial charge >= 0.3 is 0 Å². The molecule has 6 nitrogen and oxygen atoms in total. The lowest BCUT2D eigenvalue weighted by Gasteiger charge is -1.97. The summed E-state index contributed by atoms with van der Waals surface area (Å²) in [5, 5.41) is 10.5. The summed E-state index contributed by atoms with van der Waals surface area (Å²) in [5.74, 6) is 1.02. The summed E-state index contributed by atoms with van der Waals surface area (Å²) in [6.07, 6.45) is 1.84. The molecule has 0 spiro atoms. The summed E-state index contributed by atoms with van der Waals surface area (Å²) in [6.45, 7) is 0. The van der Waals surface area contributed by atoms with Gasteiger partial charge in [0.1, 0.15) is 5.69 Å². The van der Waals surface area contributed by atoms with E-state index in [1.165, 1.54) is 0 Å². The summed E-state index contributed by atoms with van der Waals surface area (Å²) < 4.78 is 8.32. The van der Waals surface area contributed by atoms with Gasteiger partial charge in [-0.05, 0) is 30.3 Å². The van der Waals surface area contributed by atoms with Gasteiger partial charge in [0.05, 0.1) is 11.7 Å². The number of hydrogen-bond donors (Lipinski definition) is 1. The zero-order valence-corrected chi connectivity index (χ0v) is 14.8. The molecule has 0 bridgehead atoms. The van der Waals surface area contributed by atoms with Crippen molar-refractivity contribution in [2.45, 2.75) is 0 Å². The van der Waals surface area contributed by atoms with Crippen LogP contribution in [0.4, 0.5) is 0 Å². The maximum Gasteiger partial charge on any atom is 0.274 e. The van der Waals surface area contributed by atoms with Crippen LogP contribution in [0, 0.1) is 0 Å². The fourth-order valence-electron chi connectivity index (χ4n) is 2.95. The Morgan fingerprint density at radius 2 is 2.00 bits per heavy atom. The van der Waals surface area contributed by atoms with Crippen molar-refractivity contribution in [2.75, 3.05) is 0 Å². The van der Waals surface area contributed by atoms with E-state index in [4.69, 9.17) is 4.52 Å². The molecule has 3 aromatic heterocycles. The largest absolute Gasteiger partial charge is 0.351 e. The molecule has 5 aromatic rings. The first-order valence-electron chi connectivity index (χ1n) is 7.72. The fraction of sp³-hybridized carbons (Fsp3) is 0.0556. The van der Waals surface area contributed by atoms with Crippen molar-refractivity contribution in [3.8, 4) is 23.0 Å². The number of hydrogen-bond acceptors (Lipinski definition) is 4. The van der Waals surface area contributed by atoms with Crippen molar-refractivity contribution < 1.29 is 4.52 Å². The molecule has 5 rings (SSSR count). The molecule has 0 amide bonds. The second-order valence-corrected chi connectivity index (χ2v) is 6.80. The Hall–Kier alpha value is -2.93. The maximum atomic E-state index is 5.46. The van der Waals surface area contributed by atoms with E-state index in [0.29, 0.717) is 11.7 Å². The normalized spacial score (nSPS) is 11.6. The molecule has 3 heterocycles. The van der Waals surface area contributed by atoms with Crippen molar-refractivity contribution in [3.05, 3.63) is 53.1 Å². The lowest BCUT2D eigenvalue weighted by molar-refractivity contribution is 0.431. The van der Waals surface area contributed by atoms with Crippen molar-refractivity contribution >= 4 is 37.7 Å². The summed E-state index contributed by atoms with van der Waals surface area (Å²) in [6, 6.07) is 14.0. The molecule has 25 heavy (non-hydrogen) atoms. The van der Waals surface area contributed by atoms with Crippen LogP contribution < -0.4 is 0 Å². The number of rotatable bonds is 2. The average Bonchev–Trinajstić information content (AvgIpc) is 3.32. The number of fused-ring (bicyclic) bond motifs is 2. The highest BCUT2D eigenvalue weighted by Gasteiger charge is 2.14. The molecule has 0 saturated heterocycles. The molecular weight excluding hydrogens is 382 g/mol. The predicted molar refractivity (Wildman–Crippen MR) is 99.0 cm³/mol. The molecule has 7 heteroatoms. The van der Waals surface area contributed by atoms with Crippen molar-refractivity contribution in [3.63, 3.8) is 0 Å². The standard InChI is InChI=1S/C18H12BrN5O/c1-24-16-8-10(2-3-11(16)9-20-24)17-22-18(25-23-17)15-7-12-6-13(19)4-5-14(12)21-15/h2-9,21H,1H3. The van der Waals surface area contributed by atoms with Gasteiger partial charge in [-0.15, -0.1) is 0 Å². The zero-order valence-electron chi connectivity index (χ0n) is 13.2. The van der Waals surface area contributed by atoms with Crippen LogP contribution in [0.3, 0.4) is 0 Å². The Bertz CT molecular complexity index is 1230. The van der Waals surface area contributed by atoms with Gasteiger partial charge in [-0.25, -0.2) is 0 Å². The third kappa shape index (κ3) is 2.35. The highest BCUT2D eigenvalue weighted by molar-refractivity contribution is 9.10. The van der Waals surface area contributed by atoms with Crippen LogP contribution >= 0.6 is 15.9 Å². The second kappa shape index (κ2) is 5.29. The average molecular weight is 394 g/mol. The van der Waals surface area contributed by atoms with Crippen LogP contribution in [-0.4, -0.2) is 24.9 Å². The number of nitrogens with zero attached hydrogens (tertiary/aromatic N) is 4. The number of benzene rings is 2. The highest BCUT2D eigenvalue weighted by atomic mass is 79.9. The van der Waals surface area contributed by atoms with Gasteiger partial charge < -0.3 is 9.51 Å². The first-order chi connectivity index (χ1) is 12.2. The number of aromatic amines is 1. The maximum absolute atomic E-state index is 5.46. The van der Waals surface area contributed by atoms with E-state index in [1.54, 1.807) is 0 Å².